The van der Waals surface area contributed by atoms with Gasteiger partial charge in [-0.25, -0.2) is 9.97 Å². The predicted octanol–water partition coefficient (Wildman–Crippen LogP) is 3.29. The number of likely N-dealkylation sites (tertiary alicyclic amines) is 1. The molecule has 1 saturated heterocycles. The molecule has 0 bridgehead atoms. The number of amides is 1. The maximum absolute atomic E-state index is 12.5. The molecule has 6 nitrogen and oxygen atoms in total. The third-order valence-corrected chi connectivity index (χ3v) is 4.39. The number of hydrogen-bond donors (Lipinski definition) is 1. The number of rotatable bonds is 4. The third kappa shape index (κ3) is 4.21. The second-order valence-electron chi connectivity index (χ2n) is 6.55. The van der Waals surface area contributed by atoms with Crippen LogP contribution < -0.4 is 5.32 Å². The summed E-state index contributed by atoms with van der Waals surface area (Å²) in [4.78, 5) is 34.1. The Hall–Kier alpha value is -2.76. The van der Waals surface area contributed by atoms with Gasteiger partial charge in [0.15, 0.2) is 5.78 Å². The highest BCUT2D eigenvalue weighted by Gasteiger charge is 2.22. The number of anilines is 2. The summed E-state index contributed by atoms with van der Waals surface area (Å²) in [6.07, 6.45) is 5.33. The largest absolute Gasteiger partial charge is 0.338 e. The van der Waals surface area contributed by atoms with Crippen LogP contribution in [0.5, 0.6) is 0 Å². The van der Waals surface area contributed by atoms with Crippen molar-refractivity contribution in [3.63, 3.8) is 0 Å². The minimum absolute atomic E-state index is 0.0103. The summed E-state index contributed by atoms with van der Waals surface area (Å²) >= 11 is 0. The van der Waals surface area contributed by atoms with Gasteiger partial charge in [-0.2, -0.15) is 0 Å². The molecule has 0 aliphatic carbocycles. The number of carbonyl (C=O) groups excluding carboxylic acids is 2. The minimum atomic E-state index is -0.0103. The Bertz CT molecular complexity index is 756. The lowest BCUT2D eigenvalue weighted by Gasteiger charge is -2.30. The SMILES string of the molecule is CC(=O)c1ccc(Nc2ncc(C(=O)N3CCCC(C)C3)cn2)cc1. The van der Waals surface area contributed by atoms with Gasteiger partial charge in [-0.05, 0) is 49.9 Å². The molecule has 1 unspecified atom stereocenters. The molecule has 1 aromatic carbocycles. The molecule has 2 aromatic rings. The van der Waals surface area contributed by atoms with E-state index >= 15 is 0 Å². The van der Waals surface area contributed by atoms with Gasteiger partial charge in [0.1, 0.15) is 0 Å². The lowest BCUT2D eigenvalue weighted by Crippen LogP contribution is -2.39. The fourth-order valence-electron chi connectivity index (χ4n) is 2.98. The average molecular weight is 338 g/mol. The van der Waals surface area contributed by atoms with Crippen LogP contribution in [0.2, 0.25) is 0 Å². The molecule has 0 radical (unpaired) electrons. The molecule has 1 fully saturated rings. The van der Waals surface area contributed by atoms with Gasteiger partial charge in [0.25, 0.3) is 5.91 Å². The highest BCUT2D eigenvalue weighted by atomic mass is 16.2. The first-order chi connectivity index (χ1) is 12.0. The van der Waals surface area contributed by atoms with Gasteiger partial charge in [0, 0.05) is 36.7 Å². The topological polar surface area (TPSA) is 75.2 Å². The van der Waals surface area contributed by atoms with Crippen LogP contribution in [0.4, 0.5) is 11.6 Å². The number of carbonyl (C=O) groups is 2. The maximum atomic E-state index is 12.5. The van der Waals surface area contributed by atoms with E-state index in [1.54, 1.807) is 36.7 Å². The van der Waals surface area contributed by atoms with Crippen LogP contribution in [0, 0.1) is 5.92 Å². The molecule has 1 atom stereocenters. The predicted molar refractivity (Wildman–Crippen MR) is 96.1 cm³/mol. The first kappa shape index (κ1) is 17.1. The van der Waals surface area contributed by atoms with Crippen molar-refractivity contribution in [2.24, 2.45) is 5.92 Å². The fraction of sp³-hybridized carbons (Fsp3) is 0.368. The van der Waals surface area contributed by atoms with Gasteiger partial charge in [-0.15, -0.1) is 0 Å². The summed E-state index contributed by atoms with van der Waals surface area (Å²) in [7, 11) is 0. The quantitative estimate of drug-likeness (QED) is 0.866. The van der Waals surface area contributed by atoms with Gasteiger partial charge < -0.3 is 10.2 Å². The number of Topliss-reactive ketones (excluding diaryl/α,β-unsaturated/α-hetero) is 1. The fourth-order valence-corrected chi connectivity index (χ4v) is 2.98. The van der Waals surface area contributed by atoms with E-state index in [-0.39, 0.29) is 11.7 Å². The van der Waals surface area contributed by atoms with Crippen molar-refractivity contribution in [3.05, 3.63) is 47.8 Å². The minimum Gasteiger partial charge on any atom is -0.338 e. The van der Waals surface area contributed by atoms with Crippen LogP contribution in [-0.2, 0) is 0 Å². The second-order valence-corrected chi connectivity index (χ2v) is 6.55. The van der Waals surface area contributed by atoms with Crippen LogP contribution >= 0.6 is 0 Å². The zero-order chi connectivity index (χ0) is 17.8. The Balaban J connectivity index is 1.65. The van der Waals surface area contributed by atoms with Crippen LogP contribution in [-0.4, -0.2) is 39.6 Å². The average Bonchev–Trinajstić information content (AvgIpc) is 2.62. The molecule has 1 aromatic heterocycles. The highest BCUT2D eigenvalue weighted by molar-refractivity contribution is 5.94. The van der Waals surface area contributed by atoms with Crippen molar-refractivity contribution in [1.82, 2.24) is 14.9 Å². The first-order valence-corrected chi connectivity index (χ1v) is 8.52. The summed E-state index contributed by atoms with van der Waals surface area (Å²) in [6, 6.07) is 7.10. The Labute approximate surface area is 147 Å². The van der Waals surface area contributed by atoms with E-state index in [9.17, 15) is 9.59 Å². The lowest BCUT2D eigenvalue weighted by molar-refractivity contribution is 0.0682. The molecule has 1 aliphatic rings. The van der Waals surface area contributed by atoms with Crippen molar-refractivity contribution in [2.45, 2.75) is 26.7 Å². The van der Waals surface area contributed by atoms with E-state index in [0.717, 1.165) is 25.2 Å². The molecule has 1 N–H and O–H groups in total. The van der Waals surface area contributed by atoms with Crippen molar-refractivity contribution in [3.8, 4) is 0 Å². The zero-order valence-electron chi connectivity index (χ0n) is 14.5. The Kier molecular flexibility index (Phi) is 5.07. The normalized spacial score (nSPS) is 17.2. The van der Waals surface area contributed by atoms with Crippen molar-refractivity contribution in [1.29, 1.82) is 0 Å². The molecule has 1 amide bonds. The number of piperidine rings is 1. The summed E-state index contributed by atoms with van der Waals surface area (Å²) in [5.74, 6) is 0.971. The number of benzene rings is 1. The molecule has 2 heterocycles. The number of ketones is 1. The summed E-state index contributed by atoms with van der Waals surface area (Å²) in [5, 5.41) is 3.06. The van der Waals surface area contributed by atoms with Crippen LogP contribution in [0.1, 0.15) is 47.4 Å². The van der Waals surface area contributed by atoms with Gasteiger partial charge in [0.2, 0.25) is 5.95 Å². The molecule has 0 saturated carbocycles. The van der Waals surface area contributed by atoms with Crippen LogP contribution in [0.25, 0.3) is 0 Å². The smallest absolute Gasteiger partial charge is 0.257 e. The standard InChI is InChI=1S/C19H22N4O2/c1-13-4-3-9-23(12-13)18(25)16-10-20-19(21-11-16)22-17-7-5-15(6-8-17)14(2)24/h5-8,10-11,13H,3-4,9,12H2,1-2H3,(H,20,21,22). The third-order valence-electron chi connectivity index (χ3n) is 4.39. The number of hydrogen-bond acceptors (Lipinski definition) is 5. The number of nitrogens with zero attached hydrogens (tertiary/aromatic N) is 3. The first-order valence-electron chi connectivity index (χ1n) is 8.52. The van der Waals surface area contributed by atoms with E-state index in [4.69, 9.17) is 0 Å². The molecule has 0 spiro atoms. The summed E-state index contributed by atoms with van der Waals surface area (Å²) < 4.78 is 0. The van der Waals surface area contributed by atoms with Gasteiger partial charge >= 0.3 is 0 Å². The van der Waals surface area contributed by atoms with Crippen LogP contribution in [0.15, 0.2) is 36.7 Å². The highest BCUT2D eigenvalue weighted by Crippen LogP contribution is 2.18. The lowest BCUT2D eigenvalue weighted by atomic mass is 10.00. The second kappa shape index (κ2) is 7.42. The summed E-state index contributed by atoms with van der Waals surface area (Å²) in [6.45, 7) is 5.29. The molecule has 1 aliphatic heterocycles. The Morgan fingerprint density at radius 1 is 1.12 bits per heavy atom. The van der Waals surface area contributed by atoms with E-state index < -0.39 is 0 Å². The van der Waals surface area contributed by atoms with Crippen LogP contribution in [0.3, 0.4) is 0 Å². The van der Waals surface area contributed by atoms with E-state index in [1.807, 2.05) is 4.90 Å². The molecule has 130 valence electrons. The molecule has 25 heavy (non-hydrogen) atoms. The van der Waals surface area contributed by atoms with Crippen molar-refractivity contribution < 1.29 is 9.59 Å². The van der Waals surface area contributed by atoms with Crippen molar-refractivity contribution in [2.75, 3.05) is 18.4 Å². The van der Waals surface area contributed by atoms with Gasteiger partial charge in [-0.3, -0.25) is 9.59 Å². The number of nitrogens with one attached hydrogen (secondary N) is 1. The molecule has 6 heteroatoms. The van der Waals surface area contributed by atoms with E-state index in [1.165, 1.54) is 13.3 Å². The van der Waals surface area contributed by atoms with Gasteiger partial charge in [0.05, 0.1) is 5.56 Å². The Morgan fingerprint density at radius 2 is 1.80 bits per heavy atom. The zero-order valence-corrected chi connectivity index (χ0v) is 14.5. The van der Waals surface area contributed by atoms with E-state index in [2.05, 4.69) is 22.2 Å². The van der Waals surface area contributed by atoms with E-state index in [0.29, 0.717) is 23.0 Å². The molecular weight excluding hydrogens is 316 g/mol. The molecular formula is C19H22N4O2. The maximum Gasteiger partial charge on any atom is 0.257 e. The Morgan fingerprint density at radius 3 is 2.40 bits per heavy atom. The molecule has 3 rings (SSSR count). The summed E-state index contributed by atoms with van der Waals surface area (Å²) in [5.41, 5.74) is 1.95. The monoisotopic (exact) mass is 338 g/mol. The van der Waals surface area contributed by atoms with Gasteiger partial charge in [-0.1, -0.05) is 6.92 Å². The van der Waals surface area contributed by atoms with Crippen molar-refractivity contribution >= 4 is 23.3 Å². The number of aromatic nitrogens is 2.